The Morgan fingerprint density at radius 3 is 2.48 bits per heavy atom. The van der Waals surface area contributed by atoms with E-state index in [1.165, 1.54) is 24.3 Å². The Morgan fingerprint density at radius 1 is 1.22 bits per heavy atom. The van der Waals surface area contributed by atoms with E-state index in [-0.39, 0.29) is 18.1 Å². The molecule has 0 N–H and O–H groups in total. The molecule has 2 aromatic rings. The summed E-state index contributed by atoms with van der Waals surface area (Å²) in [5.41, 5.74) is 1.13. The van der Waals surface area contributed by atoms with Crippen LogP contribution in [-0.2, 0) is 16.1 Å². The van der Waals surface area contributed by atoms with Gasteiger partial charge >= 0.3 is 5.97 Å². The summed E-state index contributed by atoms with van der Waals surface area (Å²) in [5.74, 6) is -0.841. The Labute approximate surface area is 139 Å². The van der Waals surface area contributed by atoms with Crippen molar-refractivity contribution < 1.29 is 14.3 Å². The van der Waals surface area contributed by atoms with Crippen LogP contribution in [0.1, 0.15) is 23.0 Å². The molecule has 0 fully saturated rings. The second-order valence-electron chi connectivity index (χ2n) is 4.98. The van der Waals surface area contributed by atoms with E-state index in [2.05, 4.69) is 4.98 Å². The minimum Gasteiger partial charge on any atom is -0.467 e. The topological polar surface area (TPSA) is 59.5 Å². The van der Waals surface area contributed by atoms with E-state index in [4.69, 9.17) is 16.3 Å². The molecule has 1 aromatic heterocycles. The minimum absolute atomic E-state index is 0.223. The summed E-state index contributed by atoms with van der Waals surface area (Å²) >= 11 is 5.80. The molecular formula is C17H17ClN2O3. The van der Waals surface area contributed by atoms with Gasteiger partial charge < -0.3 is 9.64 Å². The molecule has 0 saturated carbocycles. The molecule has 0 aliphatic carbocycles. The van der Waals surface area contributed by atoms with Crippen molar-refractivity contribution in [3.63, 3.8) is 0 Å². The van der Waals surface area contributed by atoms with Gasteiger partial charge in [-0.2, -0.15) is 0 Å². The zero-order valence-corrected chi connectivity index (χ0v) is 13.7. The van der Waals surface area contributed by atoms with Gasteiger partial charge in [0.2, 0.25) is 0 Å². The monoisotopic (exact) mass is 332 g/mol. The summed E-state index contributed by atoms with van der Waals surface area (Å²) in [7, 11) is 1.30. The first-order valence-electron chi connectivity index (χ1n) is 7.07. The molecule has 120 valence electrons. The number of hydrogen-bond acceptors (Lipinski definition) is 4. The Kier molecular flexibility index (Phi) is 5.71. The Bertz CT molecular complexity index is 674. The van der Waals surface area contributed by atoms with Gasteiger partial charge in [0.15, 0.2) is 0 Å². The second-order valence-corrected chi connectivity index (χ2v) is 5.42. The van der Waals surface area contributed by atoms with Gasteiger partial charge in [-0.05, 0) is 24.6 Å². The molecule has 23 heavy (non-hydrogen) atoms. The normalized spacial score (nSPS) is 11.6. The van der Waals surface area contributed by atoms with Gasteiger partial charge in [0, 0.05) is 12.7 Å². The number of aromatic nitrogens is 1. The van der Waals surface area contributed by atoms with Crippen LogP contribution < -0.4 is 0 Å². The fourth-order valence-electron chi connectivity index (χ4n) is 2.11. The summed E-state index contributed by atoms with van der Waals surface area (Å²) < 4.78 is 4.76. The predicted molar refractivity (Wildman–Crippen MR) is 87.0 cm³/mol. The number of esters is 1. The Hall–Kier alpha value is -2.40. The van der Waals surface area contributed by atoms with Crippen LogP contribution in [0.5, 0.6) is 0 Å². The van der Waals surface area contributed by atoms with Crippen LogP contribution in [0.4, 0.5) is 0 Å². The number of methoxy groups -OCH3 is 1. The molecule has 0 aliphatic heterocycles. The van der Waals surface area contributed by atoms with E-state index in [1.54, 1.807) is 13.0 Å². The number of ether oxygens (including phenoxy) is 1. The third kappa shape index (κ3) is 4.29. The Balaban J connectivity index is 2.30. The lowest BCUT2D eigenvalue weighted by molar-refractivity contribution is -0.145. The van der Waals surface area contributed by atoms with Crippen molar-refractivity contribution in [2.24, 2.45) is 0 Å². The predicted octanol–water partition coefficient (Wildman–Crippen LogP) is 2.94. The third-order valence-corrected chi connectivity index (χ3v) is 3.64. The summed E-state index contributed by atoms with van der Waals surface area (Å²) in [6, 6.07) is 11.8. The zero-order chi connectivity index (χ0) is 16.8. The van der Waals surface area contributed by atoms with Crippen molar-refractivity contribution >= 4 is 23.5 Å². The van der Waals surface area contributed by atoms with Crippen molar-refractivity contribution in [2.45, 2.75) is 19.5 Å². The molecule has 0 saturated heterocycles. The van der Waals surface area contributed by atoms with E-state index < -0.39 is 12.0 Å². The first-order valence-corrected chi connectivity index (χ1v) is 7.45. The number of halogens is 1. The standard InChI is InChI=1S/C17H17ClN2O3/c1-12(17(22)23-2)20(11-13-6-4-3-5-7-13)16(21)15-9-8-14(18)10-19-15/h3-10,12H,11H2,1-2H3/t12-/m0/s1. The SMILES string of the molecule is COC(=O)[C@H](C)N(Cc1ccccc1)C(=O)c1ccc(Cl)cn1. The number of hydrogen-bond donors (Lipinski definition) is 0. The first-order chi connectivity index (χ1) is 11.0. The number of nitrogens with zero attached hydrogens (tertiary/aromatic N) is 2. The van der Waals surface area contributed by atoms with Crippen LogP contribution in [0.2, 0.25) is 5.02 Å². The van der Waals surface area contributed by atoms with Crippen molar-refractivity contribution in [1.29, 1.82) is 0 Å². The van der Waals surface area contributed by atoms with Gasteiger partial charge in [0.05, 0.1) is 12.1 Å². The quantitative estimate of drug-likeness (QED) is 0.790. The van der Waals surface area contributed by atoms with E-state index in [9.17, 15) is 9.59 Å². The zero-order valence-electron chi connectivity index (χ0n) is 12.9. The summed E-state index contributed by atoms with van der Waals surface area (Å²) in [4.78, 5) is 30.1. The molecule has 1 heterocycles. The fraction of sp³-hybridized carbons (Fsp3) is 0.235. The second kappa shape index (κ2) is 7.74. The van der Waals surface area contributed by atoms with Crippen LogP contribution in [0.25, 0.3) is 0 Å². The van der Waals surface area contributed by atoms with Gasteiger partial charge in [-0.25, -0.2) is 9.78 Å². The molecule has 5 nitrogen and oxygen atoms in total. The highest BCUT2D eigenvalue weighted by molar-refractivity contribution is 6.30. The Morgan fingerprint density at radius 2 is 1.91 bits per heavy atom. The number of pyridine rings is 1. The maximum Gasteiger partial charge on any atom is 0.328 e. The van der Waals surface area contributed by atoms with Gasteiger partial charge in [-0.3, -0.25) is 4.79 Å². The molecule has 0 unspecified atom stereocenters. The fourth-order valence-corrected chi connectivity index (χ4v) is 2.22. The van der Waals surface area contributed by atoms with Gasteiger partial charge in [-0.15, -0.1) is 0 Å². The molecule has 0 radical (unpaired) electrons. The largest absolute Gasteiger partial charge is 0.467 e. The van der Waals surface area contributed by atoms with Crippen molar-refractivity contribution in [3.8, 4) is 0 Å². The first kappa shape index (κ1) is 17.0. The number of rotatable bonds is 5. The third-order valence-electron chi connectivity index (χ3n) is 3.41. The van der Waals surface area contributed by atoms with E-state index in [0.29, 0.717) is 5.02 Å². The minimum atomic E-state index is -0.731. The van der Waals surface area contributed by atoms with Crippen LogP contribution in [0.15, 0.2) is 48.7 Å². The lowest BCUT2D eigenvalue weighted by atomic mass is 10.1. The molecule has 6 heteroatoms. The van der Waals surface area contributed by atoms with Crippen LogP contribution >= 0.6 is 11.6 Å². The number of amides is 1. The average Bonchev–Trinajstić information content (AvgIpc) is 2.59. The molecule has 1 atom stereocenters. The number of carbonyl (C=O) groups is 2. The lowest BCUT2D eigenvalue weighted by Gasteiger charge is -2.27. The molecule has 1 amide bonds. The summed E-state index contributed by atoms with van der Waals surface area (Å²) in [6.45, 7) is 1.91. The number of benzene rings is 1. The highest BCUT2D eigenvalue weighted by atomic mass is 35.5. The van der Waals surface area contributed by atoms with Crippen molar-refractivity contribution in [1.82, 2.24) is 9.88 Å². The molecule has 0 spiro atoms. The summed E-state index contributed by atoms with van der Waals surface area (Å²) in [6.07, 6.45) is 1.40. The van der Waals surface area contributed by atoms with Crippen molar-refractivity contribution in [2.75, 3.05) is 7.11 Å². The van der Waals surface area contributed by atoms with Gasteiger partial charge in [0.1, 0.15) is 11.7 Å². The molecule has 0 bridgehead atoms. The maximum atomic E-state index is 12.7. The van der Waals surface area contributed by atoms with Crippen LogP contribution in [0, 0.1) is 0 Å². The highest BCUT2D eigenvalue weighted by Gasteiger charge is 2.28. The highest BCUT2D eigenvalue weighted by Crippen LogP contribution is 2.15. The average molecular weight is 333 g/mol. The smallest absolute Gasteiger partial charge is 0.328 e. The van der Waals surface area contributed by atoms with Crippen LogP contribution in [-0.4, -0.2) is 34.9 Å². The van der Waals surface area contributed by atoms with Crippen LogP contribution in [0.3, 0.4) is 0 Å². The van der Waals surface area contributed by atoms with Crippen molar-refractivity contribution in [3.05, 3.63) is 64.9 Å². The molecular weight excluding hydrogens is 316 g/mol. The lowest BCUT2D eigenvalue weighted by Crippen LogP contribution is -2.43. The maximum absolute atomic E-state index is 12.7. The van der Waals surface area contributed by atoms with E-state index >= 15 is 0 Å². The number of carbonyl (C=O) groups excluding carboxylic acids is 2. The van der Waals surface area contributed by atoms with E-state index in [0.717, 1.165) is 5.56 Å². The van der Waals surface area contributed by atoms with Gasteiger partial charge in [0.25, 0.3) is 5.91 Å². The molecule has 0 aliphatic rings. The summed E-state index contributed by atoms with van der Waals surface area (Å²) in [5, 5.41) is 0.442. The molecule has 2 rings (SSSR count). The van der Waals surface area contributed by atoms with Gasteiger partial charge in [-0.1, -0.05) is 41.9 Å². The van der Waals surface area contributed by atoms with E-state index in [1.807, 2.05) is 30.3 Å². The molecule has 1 aromatic carbocycles.